The molecule has 0 aliphatic carbocycles. The zero-order valence-electron chi connectivity index (χ0n) is 13.9. The first kappa shape index (κ1) is 17.2. The number of benzene rings is 2. The fourth-order valence-corrected chi connectivity index (χ4v) is 3.44. The number of carbonyl (C=O) groups is 3. The number of imide groups is 1. The normalized spacial score (nSPS) is 13.1. The summed E-state index contributed by atoms with van der Waals surface area (Å²) in [5, 5.41) is 0. The quantitative estimate of drug-likeness (QED) is 0.468. The zero-order valence-corrected chi connectivity index (χ0v) is 14.8. The number of nitrogens with zero attached hydrogens (tertiary/aromatic N) is 1. The smallest absolute Gasteiger partial charge is 0.318 e. The molecule has 1 heterocycles. The van der Waals surface area contributed by atoms with E-state index in [1.807, 2.05) is 32.0 Å². The molecule has 2 aromatic rings. The van der Waals surface area contributed by atoms with Crippen molar-refractivity contribution in [2.75, 3.05) is 12.5 Å². The number of esters is 1. The van der Waals surface area contributed by atoms with Gasteiger partial charge >= 0.3 is 5.97 Å². The van der Waals surface area contributed by atoms with Crippen LogP contribution < -0.4 is 0 Å². The lowest BCUT2D eigenvalue weighted by molar-refractivity contribution is -0.142. The number of rotatable bonds is 5. The third-order valence-corrected chi connectivity index (χ3v) is 5.06. The van der Waals surface area contributed by atoms with Crippen LogP contribution in [-0.2, 0) is 9.53 Å². The van der Waals surface area contributed by atoms with E-state index in [0.29, 0.717) is 11.1 Å². The van der Waals surface area contributed by atoms with Crippen molar-refractivity contribution < 1.29 is 19.1 Å². The number of ether oxygens (including phenoxy) is 1. The molecule has 0 aromatic heterocycles. The molecule has 2 aromatic carbocycles. The van der Waals surface area contributed by atoms with Gasteiger partial charge in [0.05, 0.1) is 16.9 Å². The van der Waals surface area contributed by atoms with E-state index in [4.69, 9.17) is 4.74 Å². The van der Waals surface area contributed by atoms with Crippen molar-refractivity contribution in [3.63, 3.8) is 0 Å². The summed E-state index contributed by atoms with van der Waals surface area (Å²) >= 11 is 1.37. The van der Waals surface area contributed by atoms with Gasteiger partial charge in [0.25, 0.3) is 11.8 Å². The van der Waals surface area contributed by atoms with Crippen LogP contribution >= 0.6 is 11.8 Å². The summed E-state index contributed by atoms with van der Waals surface area (Å²) in [6, 6.07) is 12.6. The fraction of sp³-hybridized carbons (Fsp3) is 0.211. The van der Waals surface area contributed by atoms with E-state index in [1.165, 1.54) is 11.8 Å². The van der Waals surface area contributed by atoms with Crippen LogP contribution in [-0.4, -0.2) is 35.2 Å². The van der Waals surface area contributed by atoms with Gasteiger partial charge < -0.3 is 4.74 Å². The van der Waals surface area contributed by atoms with Crippen molar-refractivity contribution in [3.8, 4) is 0 Å². The molecular weight excluding hydrogens is 338 g/mol. The Hall–Kier alpha value is -2.60. The van der Waals surface area contributed by atoms with E-state index in [-0.39, 0.29) is 12.5 Å². The minimum absolute atomic E-state index is 0.118. The Kier molecular flexibility index (Phi) is 4.90. The Morgan fingerprint density at radius 2 is 1.68 bits per heavy atom. The molecule has 25 heavy (non-hydrogen) atoms. The monoisotopic (exact) mass is 355 g/mol. The molecule has 0 N–H and O–H groups in total. The third-order valence-electron chi connectivity index (χ3n) is 3.91. The summed E-state index contributed by atoms with van der Waals surface area (Å²) in [7, 11) is 0. The lowest BCUT2D eigenvalue weighted by Crippen LogP contribution is -2.33. The second kappa shape index (κ2) is 7.11. The molecule has 0 fully saturated rings. The van der Waals surface area contributed by atoms with Gasteiger partial charge in [-0.1, -0.05) is 29.8 Å². The highest BCUT2D eigenvalue weighted by Crippen LogP contribution is 2.24. The van der Waals surface area contributed by atoms with Crippen LogP contribution in [0.15, 0.2) is 47.4 Å². The number of hydrogen-bond acceptors (Lipinski definition) is 5. The second-order valence-electron chi connectivity index (χ2n) is 5.79. The highest BCUT2D eigenvalue weighted by Gasteiger charge is 2.35. The van der Waals surface area contributed by atoms with Crippen LogP contribution in [0.1, 0.15) is 31.8 Å². The van der Waals surface area contributed by atoms with Gasteiger partial charge in [-0.25, -0.2) is 4.90 Å². The molecule has 0 radical (unpaired) electrons. The molecular formula is C19H17NO4S. The highest BCUT2D eigenvalue weighted by atomic mass is 32.2. The molecule has 0 spiro atoms. The average Bonchev–Trinajstić information content (AvgIpc) is 2.84. The Labute approximate surface area is 150 Å². The standard InChI is InChI=1S/C19H17NO4S/c1-12-7-8-16(13(2)9-12)25-10-17(21)24-11-20-18(22)14-5-3-4-6-15(14)19(20)23/h3-9H,10-11H2,1-2H3. The van der Waals surface area contributed by atoms with Gasteiger partial charge in [0.15, 0.2) is 6.73 Å². The molecule has 0 bridgehead atoms. The largest absolute Gasteiger partial charge is 0.443 e. The Morgan fingerprint density at radius 3 is 2.28 bits per heavy atom. The minimum atomic E-state index is -0.471. The first-order valence-corrected chi connectivity index (χ1v) is 8.77. The number of thioether (sulfide) groups is 1. The topological polar surface area (TPSA) is 63.7 Å². The van der Waals surface area contributed by atoms with Crippen molar-refractivity contribution in [2.45, 2.75) is 18.7 Å². The van der Waals surface area contributed by atoms with Gasteiger partial charge in [-0.3, -0.25) is 14.4 Å². The Morgan fingerprint density at radius 1 is 1.04 bits per heavy atom. The minimum Gasteiger partial charge on any atom is -0.443 e. The van der Waals surface area contributed by atoms with E-state index in [0.717, 1.165) is 20.9 Å². The molecule has 6 heteroatoms. The highest BCUT2D eigenvalue weighted by molar-refractivity contribution is 8.00. The summed E-state index contributed by atoms with van der Waals surface area (Å²) in [4.78, 5) is 38.3. The van der Waals surface area contributed by atoms with Gasteiger partial charge in [-0.2, -0.15) is 0 Å². The average molecular weight is 355 g/mol. The molecule has 0 atom stereocenters. The molecule has 0 unspecified atom stereocenters. The zero-order chi connectivity index (χ0) is 18.0. The van der Waals surface area contributed by atoms with Gasteiger partial charge in [-0.05, 0) is 37.6 Å². The number of aryl methyl sites for hydroxylation is 2. The lowest BCUT2D eigenvalue weighted by atomic mass is 10.1. The first-order chi connectivity index (χ1) is 12.0. The van der Waals surface area contributed by atoms with Crippen molar-refractivity contribution in [1.29, 1.82) is 0 Å². The summed E-state index contributed by atoms with van der Waals surface area (Å²) < 4.78 is 5.11. The van der Waals surface area contributed by atoms with E-state index in [2.05, 4.69) is 0 Å². The predicted molar refractivity (Wildman–Crippen MR) is 94.5 cm³/mol. The van der Waals surface area contributed by atoms with E-state index in [1.54, 1.807) is 24.3 Å². The molecule has 0 saturated carbocycles. The molecule has 5 nitrogen and oxygen atoms in total. The predicted octanol–water partition coefficient (Wildman–Crippen LogP) is 3.19. The number of carbonyl (C=O) groups excluding carboxylic acids is 3. The van der Waals surface area contributed by atoms with Crippen molar-refractivity contribution in [3.05, 3.63) is 64.7 Å². The van der Waals surface area contributed by atoms with Gasteiger partial charge in [-0.15, -0.1) is 11.8 Å². The summed E-state index contributed by atoms with van der Waals surface area (Å²) in [6.45, 7) is 3.63. The number of amides is 2. The first-order valence-electron chi connectivity index (χ1n) is 7.78. The van der Waals surface area contributed by atoms with Crippen molar-refractivity contribution in [1.82, 2.24) is 4.90 Å². The van der Waals surface area contributed by atoms with E-state index in [9.17, 15) is 14.4 Å². The maximum Gasteiger partial charge on any atom is 0.318 e. The summed E-state index contributed by atoms with van der Waals surface area (Å²) in [5.41, 5.74) is 2.94. The maximum atomic E-state index is 12.2. The number of fused-ring (bicyclic) bond motifs is 1. The van der Waals surface area contributed by atoms with Gasteiger partial charge in [0.1, 0.15) is 0 Å². The van der Waals surface area contributed by atoms with Gasteiger partial charge in [0.2, 0.25) is 0 Å². The molecule has 3 rings (SSSR count). The number of hydrogen-bond donors (Lipinski definition) is 0. The molecule has 0 saturated heterocycles. The molecule has 1 aliphatic rings. The summed E-state index contributed by atoms with van der Waals surface area (Å²) in [6.07, 6.45) is 0. The van der Waals surface area contributed by atoms with E-state index < -0.39 is 17.8 Å². The van der Waals surface area contributed by atoms with Crippen molar-refractivity contribution in [2.24, 2.45) is 0 Å². The Balaban J connectivity index is 1.55. The van der Waals surface area contributed by atoms with Crippen LogP contribution in [0.3, 0.4) is 0 Å². The summed E-state index contributed by atoms with van der Waals surface area (Å²) in [5.74, 6) is -1.22. The van der Waals surface area contributed by atoms with Crippen LogP contribution in [0, 0.1) is 13.8 Å². The van der Waals surface area contributed by atoms with Crippen LogP contribution in [0.5, 0.6) is 0 Å². The van der Waals surface area contributed by atoms with Crippen LogP contribution in [0.2, 0.25) is 0 Å². The third kappa shape index (κ3) is 3.58. The van der Waals surface area contributed by atoms with Crippen LogP contribution in [0.25, 0.3) is 0 Å². The maximum absolute atomic E-state index is 12.2. The van der Waals surface area contributed by atoms with E-state index >= 15 is 0 Å². The molecule has 128 valence electrons. The Bertz CT molecular complexity index is 827. The van der Waals surface area contributed by atoms with Crippen LogP contribution in [0.4, 0.5) is 0 Å². The second-order valence-corrected chi connectivity index (χ2v) is 6.80. The van der Waals surface area contributed by atoms with Gasteiger partial charge in [0, 0.05) is 4.90 Å². The fourth-order valence-electron chi connectivity index (χ4n) is 2.63. The molecule has 2 amide bonds. The SMILES string of the molecule is Cc1ccc(SCC(=O)OCN2C(=O)c3ccccc3C2=O)c(C)c1. The molecule has 1 aliphatic heterocycles. The lowest BCUT2D eigenvalue weighted by Gasteiger charge is -2.14. The van der Waals surface area contributed by atoms with Crippen molar-refractivity contribution >= 4 is 29.5 Å².